The van der Waals surface area contributed by atoms with E-state index in [4.69, 9.17) is 9.47 Å². The minimum Gasteiger partial charge on any atom is -0.460 e. The molecular formula is C26H25N3O5S2. The number of carbonyl (C=O) groups excluding carboxylic acids is 2. The van der Waals surface area contributed by atoms with Gasteiger partial charge in [-0.3, -0.25) is 14.2 Å². The Morgan fingerprint density at radius 1 is 1.14 bits per heavy atom. The minimum absolute atomic E-state index is 0.0936. The summed E-state index contributed by atoms with van der Waals surface area (Å²) in [5, 5.41) is 1.90. The molecule has 0 radical (unpaired) electrons. The number of para-hydroxylation sites is 1. The summed E-state index contributed by atoms with van der Waals surface area (Å²) in [4.78, 5) is 48.3. The monoisotopic (exact) mass is 523 g/mol. The molecule has 0 fully saturated rings. The van der Waals surface area contributed by atoms with Crippen molar-refractivity contribution in [3.63, 3.8) is 0 Å². The molecule has 0 aliphatic carbocycles. The van der Waals surface area contributed by atoms with Crippen LogP contribution in [0, 0.1) is 0 Å². The van der Waals surface area contributed by atoms with Crippen LogP contribution in [-0.4, -0.2) is 43.3 Å². The number of methoxy groups -OCH3 is 1. The highest BCUT2D eigenvalue weighted by atomic mass is 32.1. The Morgan fingerprint density at radius 2 is 1.94 bits per heavy atom. The number of aromatic nitrogens is 1. The Kier molecular flexibility index (Phi) is 6.74. The summed E-state index contributed by atoms with van der Waals surface area (Å²) in [5.41, 5.74) is 2.38. The molecule has 0 N–H and O–H groups in total. The molecule has 5 rings (SSSR count). The van der Waals surface area contributed by atoms with Gasteiger partial charge < -0.3 is 14.4 Å². The van der Waals surface area contributed by atoms with Crippen LogP contribution < -0.4 is 19.8 Å². The molecule has 4 heterocycles. The second-order valence-electron chi connectivity index (χ2n) is 8.40. The van der Waals surface area contributed by atoms with E-state index < -0.39 is 12.0 Å². The van der Waals surface area contributed by atoms with E-state index in [9.17, 15) is 14.4 Å². The maximum absolute atomic E-state index is 14.0. The zero-order valence-corrected chi connectivity index (χ0v) is 21.8. The first-order valence-electron chi connectivity index (χ1n) is 11.6. The third-order valence-electron chi connectivity index (χ3n) is 6.15. The number of hydrogen-bond acceptors (Lipinski definition) is 8. The lowest BCUT2D eigenvalue weighted by atomic mass is 10.0. The molecule has 1 unspecified atom stereocenters. The number of ether oxygens (including phenoxy) is 2. The first kappa shape index (κ1) is 24.4. The van der Waals surface area contributed by atoms with Crippen molar-refractivity contribution >= 4 is 45.8 Å². The number of nitrogens with zero attached hydrogens (tertiary/aromatic N) is 3. The van der Waals surface area contributed by atoms with Gasteiger partial charge in [0.15, 0.2) is 4.80 Å². The molecule has 10 heteroatoms. The van der Waals surface area contributed by atoms with Crippen LogP contribution in [0.5, 0.6) is 0 Å². The SMILES string of the molecule is CCCN1C(=O)C(=c2sc3n(c2=O)C(c2cccs2)C(C(=O)OCCOC)=C(C)N=3)c2ccccc21. The van der Waals surface area contributed by atoms with E-state index in [0.717, 1.165) is 22.5 Å². The van der Waals surface area contributed by atoms with Crippen molar-refractivity contribution in [2.24, 2.45) is 4.99 Å². The normalized spacial score (nSPS) is 18.2. The average Bonchev–Trinajstić information content (AvgIpc) is 3.57. The average molecular weight is 524 g/mol. The van der Waals surface area contributed by atoms with Crippen molar-refractivity contribution < 1.29 is 19.1 Å². The second kappa shape index (κ2) is 9.96. The quantitative estimate of drug-likeness (QED) is 0.351. The van der Waals surface area contributed by atoms with Gasteiger partial charge in [0, 0.05) is 24.1 Å². The predicted octanol–water partition coefficient (Wildman–Crippen LogP) is 2.61. The molecule has 2 aromatic heterocycles. The first-order chi connectivity index (χ1) is 17.5. The lowest BCUT2D eigenvalue weighted by molar-refractivity contribution is -0.140. The van der Waals surface area contributed by atoms with Crippen molar-refractivity contribution in [1.82, 2.24) is 4.57 Å². The number of thiazole rings is 1. The summed E-state index contributed by atoms with van der Waals surface area (Å²) in [7, 11) is 1.53. The van der Waals surface area contributed by atoms with Crippen LogP contribution in [0.15, 0.2) is 62.8 Å². The van der Waals surface area contributed by atoms with Gasteiger partial charge in [-0.1, -0.05) is 42.5 Å². The maximum Gasteiger partial charge on any atom is 0.338 e. The van der Waals surface area contributed by atoms with Crippen molar-refractivity contribution in [3.05, 3.63) is 83.2 Å². The van der Waals surface area contributed by atoms with Gasteiger partial charge in [0.25, 0.3) is 11.5 Å². The molecule has 2 aliphatic rings. The molecule has 0 bridgehead atoms. The third-order valence-corrected chi connectivity index (χ3v) is 8.13. The van der Waals surface area contributed by atoms with Crippen LogP contribution in [-0.2, 0) is 19.1 Å². The van der Waals surface area contributed by atoms with Crippen LogP contribution in [0.25, 0.3) is 5.57 Å². The summed E-state index contributed by atoms with van der Waals surface area (Å²) in [6.45, 7) is 4.68. The van der Waals surface area contributed by atoms with Crippen LogP contribution in [0.2, 0.25) is 0 Å². The third kappa shape index (κ3) is 3.95. The van der Waals surface area contributed by atoms with Crippen molar-refractivity contribution in [2.75, 3.05) is 31.8 Å². The summed E-state index contributed by atoms with van der Waals surface area (Å²) in [6, 6.07) is 10.6. The van der Waals surface area contributed by atoms with E-state index in [2.05, 4.69) is 4.99 Å². The van der Waals surface area contributed by atoms with Crippen LogP contribution >= 0.6 is 22.7 Å². The van der Waals surface area contributed by atoms with Gasteiger partial charge in [-0.15, -0.1) is 11.3 Å². The minimum atomic E-state index is -0.691. The first-order valence-corrected chi connectivity index (χ1v) is 13.3. The second-order valence-corrected chi connectivity index (χ2v) is 10.4. The van der Waals surface area contributed by atoms with Gasteiger partial charge in [-0.2, -0.15) is 0 Å². The molecule has 2 aliphatic heterocycles. The van der Waals surface area contributed by atoms with Gasteiger partial charge in [-0.05, 0) is 30.9 Å². The van der Waals surface area contributed by atoms with E-state index in [0.29, 0.717) is 32.7 Å². The predicted molar refractivity (Wildman–Crippen MR) is 139 cm³/mol. The standard InChI is InChI=1S/C26H25N3O5S2/c1-4-11-28-17-9-6-5-8-16(17)20(23(28)30)22-24(31)29-21(18-10-7-14-35-18)19(15(2)27-26(29)36-22)25(32)34-13-12-33-3/h5-10,14,21H,4,11-13H2,1-3H3. The lowest BCUT2D eigenvalue weighted by Gasteiger charge is -2.23. The Bertz CT molecular complexity index is 1550. The number of hydrogen-bond donors (Lipinski definition) is 0. The maximum atomic E-state index is 14.0. The molecule has 3 aromatic rings. The number of anilines is 1. The molecule has 0 spiro atoms. The number of carbonyl (C=O) groups is 2. The summed E-state index contributed by atoms with van der Waals surface area (Å²) in [5.74, 6) is -0.730. The van der Waals surface area contributed by atoms with Gasteiger partial charge in [-0.25, -0.2) is 9.79 Å². The Hall–Kier alpha value is -3.34. The number of benzene rings is 1. The van der Waals surface area contributed by atoms with Crippen molar-refractivity contribution in [2.45, 2.75) is 26.3 Å². The fraction of sp³-hybridized carbons (Fsp3) is 0.308. The van der Waals surface area contributed by atoms with E-state index in [1.54, 1.807) is 11.8 Å². The van der Waals surface area contributed by atoms with E-state index in [1.807, 2.05) is 48.7 Å². The molecule has 36 heavy (non-hydrogen) atoms. The number of thiophene rings is 1. The van der Waals surface area contributed by atoms with Crippen LogP contribution in [0.1, 0.15) is 36.8 Å². The fourth-order valence-electron chi connectivity index (χ4n) is 4.59. The fourth-order valence-corrected chi connectivity index (χ4v) is 6.55. The smallest absolute Gasteiger partial charge is 0.338 e. The molecule has 1 amide bonds. The van der Waals surface area contributed by atoms with Gasteiger partial charge in [0.1, 0.15) is 17.2 Å². The molecule has 0 saturated carbocycles. The zero-order chi connectivity index (χ0) is 25.4. The Morgan fingerprint density at radius 3 is 2.67 bits per heavy atom. The van der Waals surface area contributed by atoms with Crippen LogP contribution in [0.3, 0.4) is 0 Å². The lowest BCUT2D eigenvalue weighted by Crippen LogP contribution is -2.40. The van der Waals surface area contributed by atoms with E-state index in [1.165, 1.54) is 34.4 Å². The Balaban J connectivity index is 1.73. The summed E-state index contributed by atoms with van der Waals surface area (Å²) >= 11 is 2.63. The number of esters is 1. The van der Waals surface area contributed by atoms with Gasteiger partial charge >= 0.3 is 5.97 Å². The number of allylic oxidation sites excluding steroid dienone is 1. The highest BCUT2D eigenvalue weighted by Gasteiger charge is 2.37. The van der Waals surface area contributed by atoms with Gasteiger partial charge in [0.2, 0.25) is 0 Å². The summed E-state index contributed by atoms with van der Waals surface area (Å²) < 4.78 is 12.3. The highest BCUT2D eigenvalue weighted by molar-refractivity contribution is 7.10. The molecule has 1 aromatic carbocycles. The number of fused-ring (bicyclic) bond motifs is 2. The molecule has 1 atom stereocenters. The van der Waals surface area contributed by atoms with Crippen molar-refractivity contribution in [3.8, 4) is 0 Å². The number of rotatable bonds is 7. The van der Waals surface area contributed by atoms with Gasteiger partial charge in [0.05, 0.1) is 29.1 Å². The summed E-state index contributed by atoms with van der Waals surface area (Å²) in [6.07, 6.45) is 0.792. The molecular weight excluding hydrogens is 498 g/mol. The molecule has 8 nitrogen and oxygen atoms in total. The Labute approximate surface area is 215 Å². The number of amides is 1. The van der Waals surface area contributed by atoms with Crippen LogP contribution in [0.4, 0.5) is 5.69 Å². The van der Waals surface area contributed by atoms with E-state index >= 15 is 0 Å². The highest BCUT2D eigenvalue weighted by Crippen LogP contribution is 2.36. The molecule has 186 valence electrons. The largest absolute Gasteiger partial charge is 0.460 e. The topological polar surface area (TPSA) is 90.2 Å². The van der Waals surface area contributed by atoms with E-state index in [-0.39, 0.29) is 24.7 Å². The molecule has 0 saturated heterocycles. The zero-order valence-electron chi connectivity index (χ0n) is 20.1. The van der Waals surface area contributed by atoms with Crippen molar-refractivity contribution in [1.29, 1.82) is 0 Å².